The summed E-state index contributed by atoms with van der Waals surface area (Å²) in [6.45, 7) is 3.58. The third-order valence-corrected chi connectivity index (χ3v) is 4.83. The minimum atomic E-state index is 0.752. The summed E-state index contributed by atoms with van der Waals surface area (Å²) in [6.07, 6.45) is 4.98. The number of benzene rings is 1. The number of hydrogen-bond acceptors (Lipinski definition) is 6. The van der Waals surface area contributed by atoms with Crippen molar-refractivity contribution in [3.63, 3.8) is 0 Å². The Balaban J connectivity index is 1.68. The van der Waals surface area contributed by atoms with E-state index in [1.807, 2.05) is 29.2 Å². The number of nitrogens with zero attached hydrogens (tertiary/aromatic N) is 7. The topological polar surface area (TPSA) is 90.1 Å². The summed E-state index contributed by atoms with van der Waals surface area (Å²) in [5, 5.41) is 11.9. The van der Waals surface area contributed by atoms with Crippen LogP contribution in [0.3, 0.4) is 0 Å². The van der Waals surface area contributed by atoms with Crippen molar-refractivity contribution >= 4 is 11.8 Å². The summed E-state index contributed by atoms with van der Waals surface area (Å²) in [5.74, 6) is 1.67. The smallest absolute Gasteiger partial charge is 0.183 e. The first-order valence-corrected chi connectivity index (χ1v) is 9.32. The highest BCUT2D eigenvalue weighted by atomic mass is 32.2. The standard InChI is InChI=1S/C17H18N8S/c1-2-25-16(18-11-22-25)15-14(13-6-4-3-5-7-13)20-12-24(15)8-9-26-17-19-10-21-23-17/h3-7,10-12H,2,8-9H2,1H3,(H,19,21,23). The highest BCUT2D eigenvalue weighted by molar-refractivity contribution is 7.99. The molecule has 132 valence electrons. The molecule has 0 aliphatic rings. The average Bonchev–Trinajstić information content (AvgIpc) is 3.42. The molecule has 3 aromatic heterocycles. The maximum Gasteiger partial charge on any atom is 0.183 e. The van der Waals surface area contributed by atoms with Gasteiger partial charge in [-0.25, -0.2) is 19.6 Å². The van der Waals surface area contributed by atoms with Gasteiger partial charge in [0.2, 0.25) is 0 Å². The lowest BCUT2D eigenvalue weighted by Gasteiger charge is -2.10. The van der Waals surface area contributed by atoms with Crippen LogP contribution in [0.25, 0.3) is 22.8 Å². The van der Waals surface area contributed by atoms with Gasteiger partial charge in [0.1, 0.15) is 18.3 Å². The lowest BCUT2D eigenvalue weighted by molar-refractivity contribution is 0.657. The Bertz CT molecular complexity index is 958. The minimum Gasteiger partial charge on any atom is -0.327 e. The number of aryl methyl sites for hydroxylation is 2. The molecule has 0 unspecified atom stereocenters. The monoisotopic (exact) mass is 366 g/mol. The van der Waals surface area contributed by atoms with Crippen molar-refractivity contribution in [1.29, 1.82) is 0 Å². The highest BCUT2D eigenvalue weighted by Crippen LogP contribution is 2.30. The number of nitrogens with one attached hydrogen (secondary N) is 1. The van der Waals surface area contributed by atoms with Gasteiger partial charge in [-0.3, -0.25) is 5.10 Å². The van der Waals surface area contributed by atoms with Crippen molar-refractivity contribution in [2.45, 2.75) is 25.2 Å². The van der Waals surface area contributed by atoms with Crippen LogP contribution in [0.4, 0.5) is 0 Å². The zero-order chi connectivity index (χ0) is 17.8. The summed E-state index contributed by atoms with van der Waals surface area (Å²) in [4.78, 5) is 13.3. The molecule has 0 aliphatic heterocycles. The predicted molar refractivity (Wildman–Crippen MR) is 99.5 cm³/mol. The molecule has 0 spiro atoms. The van der Waals surface area contributed by atoms with Crippen molar-refractivity contribution in [1.82, 2.24) is 39.5 Å². The molecule has 0 aliphatic carbocycles. The van der Waals surface area contributed by atoms with Crippen LogP contribution in [0, 0.1) is 0 Å². The lowest BCUT2D eigenvalue weighted by atomic mass is 10.1. The molecule has 9 heteroatoms. The quantitative estimate of drug-likeness (QED) is 0.506. The van der Waals surface area contributed by atoms with Crippen molar-refractivity contribution in [3.05, 3.63) is 49.3 Å². The first kappa shape index (κ1) is 16.5. The molecule has 0 radical (unpaired) electrons. The fourth-order valence-corrected chi connectivity index (χ4v) is 3.50. The first-order chi connectivity index (χ1) is 12.9. The number of hydrogen-bond donors (Lipinski definition) is 1. The van der Waals surface area contributed by atoms with E-state index in [2.05, 4.69) is 53.9 Å². The van der Waals surface area contributed by atoms with E-state index >= 15 is 0 Å². The van der Waals surface area contributed by atoms with E-state index in [0.29, 0.717) is 0 Å². The Morgan fingerprint density at radius 2 is 1.96 bits per heavy atom. The molecule has 3 heterocycles. The maximum atomic E-state index is 4.67. The molecule has 0 bridgehead atoms. The Hall–Kier alpha value is -2.94. The molecule has 0 atom stereocenters. The van der Waals surface area contributed by atoms with Crippen molar-refractivity contribution < 1.29 is 0 Å². The normalized spacial score (nSPS) is 11.1. The Labute approximate surface area is 154 Å². The number of H-pyrrole nitrogens is 1. The number of aromatic amines is 1. The molecular formula is C17H18N8S. The molecule has 0 saturated carbocycles. The van der Waals surface area contributed by atoms with E-state index < -0.39 is 0 Å². The number of aromatic nitrogens is 8. The molecule has 4 rings (SSSR count). The van der Waals surface area contributed by atoms with E-state index in [9.17, 15) is 0 Å². The van der Waals surface area contributed by atoms with Crippen LogP contribution in [-0.4, -0.2) is 45.2 Å². The Kier molecular flexibility index (Phi) is 4.78. The van der Waals surface area contributed by atoms with Crippen LogP contribution in [0.15, 0.2) is 54.5 Å². The van der Waals surface area contributed by atoms with Gasteiger partial charge >= 0.3 is 0 Å². The van der Waals surface area contributed by atoms with E-state index in [1.165, 1.54) is 6.33 Å². The van der Waals surface area contributed by atoms with Gasteiger partial charge in [0.25, 0.3) is 0 Å². The highest BCUT2D eigenvalue weighted by Gasteiger charge is 2.19. The number of imidazole rings is 1. The lowest BCUT2D eigenvalue weighted by Crippen LogP contribution is -2.07. The number of thioether (sulfide) groups is 1. The maximum absolute atomic E-state index is 4.67. The Morgan fingerprint density at radius 3 is 2.73 bits per heavy atom. The summed E-state index contributed by atoms with van der Waals surface area (Å²) >= 11 is 1.62. The van der Waals surface area contributed by atoms with E-state index in [0.717, 1.165) is 46.8 Å². The third-order valence-electron chi connectivity index (χ3n) is 3.98. The van der Waals surface area contributed by atoms with Crippen LogP contribution < -0.4 is 0 Å². The zero-order valence-corrected chi connectivity index (χ0v) is 15.1. The van der Waals surface area contributed by atoms with Crippen molar-refractivity contribution in [2.75, 3.05) is 5.75 Å². The van der Waals surface area contributed by atoms with Crippen molar-refractivity contribution in [2.24, 2.45) is 0 Å². The summed E-state index contributed by atoms with van der Waals surface area (Å²) in [7, 11) is 0. The van der Waals surface area contributed by atoms with E-state index in [4.69, 9.17) is 0 Å². The molecule has 4 aromatic rings. The third kappa shape index (κ3) is 3.25. The van der Waals surface area contributed by atoms with Gasteiger partial charge in [0, 0.05) is 24.4 Å². The molecule has 0 fully saturated rings. The van der Waals surface area contributed by atoms with Gasteiger partial charge in [-0.15, -0.1) is 0 Å². The Morgan fingerprint density at radius 1 is 1.08 bits per heavy atom. The summed E-state index contributed by atoms with van der Waals surface area (Å²) < 4.78 is 4.02. The zero-order valence-electron chi connectivity index (χ0n) is 14.3. The van der Waals surface area contributed by atoms with Crippen LogP contribution >= 0.6 is 11.8 Å². The molecular weight excluding hydrogens is 348 g/mol. The average molecular weight is 366 g/mol. The summed E-state index contributed by atoms with van der Waals surface area (Å²) in [6, 6.07) is 10.2. The molecule has 0 saturated heterocycles. The van der Waals surface area contributed by atoms with Crippen LogP contribution in [0.1, 0.15) is 6.92 Å². The predicted octanol–water partition coefficient (Wildman–Crippen LogP) is 2.74. The van der Waals surface area contributed by atoms with Crippen LogP contribution in [-0.2, 0) is 13.1 Å². The number of rotatable bonds is 7. The molecule has 1 N–H and O–H groups in total. The van der Waals surface area contributed by atoms with Crippen LogP contribution in [0.5, 0.6) is 0 Å². The summed E-state index contributed by atoms with van der Waals surface area (Å²) in [5.41, 5.74) is 2.96. The SMILES string of the molecule is CCn1ncnc1-c1c(-c2ccccc2)ncn1CCSc1ncn[nH]1. The van der Waals surface area contributed by atoms with E-state index in [1.54, 1.807) is 18.1 Å². The van der Waals surface area contributed by atoms with Crippen LogP contribution in [0.2, 0.25) is 0 Å². The van der Waals surface area contributed by atoms with Gasteiger partial charge in [-0.05, 0) is 6.92 Å². The molecule has 1 aromatic carbocycles. The van der Waals surface area contributed by atoms with Gasteiger partial charge in [0.15, 0.2) is 11.0 Å². The second-order valence-electron chi connectivity index (χ2n) is 5.54. The van der Waals surface area contributed by atoms with Gasteiger partial charge in [-0.2, -0.15) is 10.2 Å². The first-order valence-electron chi connectivity index (χ1n) is 8.33. The fourth-order valence-electron chi connectivity index (χ4n) is 2.78. The fraction of sp³-hybridized carbons (Fsp3) is 0.235. The van der Waals surface area contributed by atoms with Gasteiger partial charge in [0.05, 0.1) is 12.0 Å². The molecule has 26 heavy (non-hydrogen) atoms. The van der Waals surface area contributed by atoms with Crippen molar-refractivity contribution in [3.8, 4) is 22.8 Å². The minimum absolute atomic E-state index is 0.752. The second-order valence-corrected chi connectivity index (χ2v) is 6.62. The largest absolute Gasteiger partial charge is 0.327 e. The molecule has 8 nitrogen and oxygen atoms in total. The second kappa shape index (κ2) is 7.52. The van der Waals surface area contributed by atoms with Gasteiger partial charge < -0.3 is 4.57 Å². The van der Waals surface area contributed by atoms with E-state index in [-0.39, 0.29) is 0 Å². The molecule has 0 amide bonds. The van der Waals surface area contributed by atoms with Gasteiger partial charge in [-0.1, -0.05) is 42.1 Å².